The van der Waals surface area contributed by atoms with E-state index in [0.717, 1.165) is 6.20 Å². The van der Waals surface area contributed by atoms with Crippen LogP contribution in [0.4, 0.5) is 5.69 Å². The topological polar surface area (TPSA) is 283 Å². The van der Waals surface area contributed by atoms with Crippen LogP contribution in [0.25, 0.3) is 0 Å². The Morgan fingerprint density at radius 3 is 1.68 bits per heavy atom. The lowest BCUT2D eigenvalue weighted by Gasteiger charge is -2.26. The molecule has 1 unspecified atom stereocenters. The van der Waals surface area contributed by atoms with Gasteiger partial charge >= 0.3 is 29.6 Å². The number of nitrogens with one attached hydrogen (secondary N) is 4. The van der Waals surface area contributed by atoms with Gasteiger partial charge in [-0.2, -0.15) is 5.10 Å². The number of esters is 4. The van der Waals surface area contributed by atoms with E-state index >= 15 is 0 Å². The summed E-state index contributed by atoms with van der Waals surface area (Å²) in [5, 5.41) is 23.8. The lowest BCUT2D eigenvalue weighted by atomic mass is 9.92. The van der Waals surface area contributed by atoms with Gasteiger partial charge in [0.05, 0.1) is 10.5 Å². The molecule has 1 aromatic heterocycles. The zero-order valence-corrected chi connectivity index (χ0v) is 26.8. The summed E-state index contributed by atoms with van der Waals surface area (Å²) >= 11 is 0. The fourth-order valence-corrected chi connectivity index (χ4v) is 4.05. The maximum Gasteiger partial charge on any atom is 0.329 e. The third-order valence-corrected chi connectivity index (χ3v) is 6.80. The van der Waals surface area contributed by atoms with Crippen molar-refractivity contribution < 1.29 is 62.2 Å². The number of rotatable bonds is 5. The SMILES string of the molecule is CC(C)(c1ccc(CC2NC(=O)COC(=O)CNC(=O)COC(=O)CNC(=O)COC(=O)CNC(=O)COC2=O)cc1)n1cc([N+](=O)[O-])cn1. The van der Waals surface area contributed by atoms with Gasteiger partial charge in [-0.25, -0.2) is 4.79 Å². The van der Waals surface area contributed by atoms with E-state index in [0.29, 0.717) is 11.1 Å². The molecule has 1 aliphatic rings. The number of cyclic esters (lactones) is 4. The number of aromatic nitrogens is 2. The number of carbonyl (C=O) groups excluding carboxylic acids is 8. The number of nitro groups is 1. The van der Waals surface area contributed by atoms with E-state index < -0.39 is 110 Å². The lowest BCUT2D eigenvalue weighted by Crippen LogP contribution is -2.46. The minimum absolute atomic E-state index is 0.169. The fraction of sp³-hybridized carbons (Fsp3) is 0.414. The molecule has 0 saturated carbocycles. The van der Waals surface area contributed by atoms with Crippen molar-refractivity contribution in [2.75, 3.05) is 46.1 Å². The molecule has 1 aliphatic heterocycles. The Morgan fingerprint density at radius 2 is 1.22 bits per heavy atom. The second kappa shape index (κ2) is 17.7. The minimum Gasteiger partial charge on any atom is -0.454 e. The van der Waals surface area contributed by atoms with E-state index in [-0.39, 0.29) is 12.1 Å². The normalized spacial score (nSPS) is 18.5. The second-order valence-corrected chi connectivity index (χ2v) is 10.9. The standard InChI is InChI=1S/C29H33N7O14/c1-29(2,35-12-19(8-33-35)36(45)46)18-5-3-17(4-6-18)7-20-28(44)50-15-23(39)32-10-26(42)48-13-21(37)30-9-25(41)47-14-22(38)31-11-27(43)49-16-24(40)34-20/h3-6,8,12,20H,7,9-11,13-16H2,1-2H3,(H,30,37)(H,31,38)(H,32,39)(H,34,40). The molecule has 21 heteroatoms. The first kappa shape index (κ1) is 38.0. The van der Waals surface area contributed by atoms with E-state index in [2.05, 4.69) is 35.8 Å². The van der Waals surface area contributed by atoms with Crippen LogP contribution in [0.2, 0.25) is 0 Å². The van der Waals surface area contributed by atoms with Crippen molar-refractivity contribution in [1.29, 1.82) is 0 Å². The van der Waals surface area contributed by atoms with Gasteiger partial charge in [0.1, 0.15) is 38.1 Å². The maximum absolute atomic E-state index is 13.0. The molecule has 1 aromatic carbocycles. The number of amides is 4. The highest BCUT2D eigenvalue weighted by atomic mass is 16.6. The van der Waals surface area contributed by atoms with Crippen molar-refractivity contribution in [3.63, 3.8) is 0 Å². The molecule has 1 fully saturated rings. The summed E-state index contributed by atoms with van der Waals surface area (Å²) in [5.41, 5.74) is 0.174. The zero-order valence-electron chi connectivity index (χ0n) is 26.8. The van der Waals surface area contributed by atoms with Gasteiger partial charge in [0.15, 0.2) is 26.4 Å². The number of nitrogens with zero attached hydrogens (tertiary/aromatic N) is 3. The van der Waals surface area contributed by atoms with Gasteiger partial charge in [0.25, 0.3) is 23.6 Å². The van der Waals surface area contributed by atoms with Crippen LogP contribution in [0.1, 0.15) is 25.0 Å². The Balaban J connectivity index is 1.71. The summed E-state index contributed by atoms with van der Waals surface area (Å²) < 4.78 is 20.6. The maximum atomic E-state index is 13.0. The molecule has 0 bridgehead atoms. The Bertz CT molecular complexity index is 1640. The first-order valence-corrected chi connectivity index (χ1v) is 14.7. The molecule has 0 spiro atoms. The van der Waals surface area contributed by atoms with Crippen LogP contribution in [0.3, 0.4) is 0 Å². The molecule has 1 atom stereocenters. The first-order valence-electron chi connectivity index (χ1n) is 14.7. The summed E-state index contributed by atoms with van der Waals surface area (Å²) in [6, 6.07) is 5.20. The van der Waals surface area contributed by atoms with Gasteiger partial charge in [-0.05, 0) is 25.0 Å². The highest BCUT2D eigenvalue weighted by Gasteiger charge is 2.28. The monoisotopic (exact) mass is 703 g/mol. The van der Waals surface area contributed by atoms with Crippen molar-refractivity contribution in [2.45, 2.75) is 31.8 Å². The molecule has 268 valence electrons. The zero-order chi connectivity index (χ0) is 36.8. The number of ether oxygens (including phenoxy) is 4. The Morgan fingerprint density at radius 1 is 0.760 bits per heavy atom. The summed E-state index contributed by atoms with van der Waals surface area (Å²) in [4.78, 5) is 108. The van der Waals surface area contributed by atoms with Crippen LogP contribution >= 0.6 is 0 Å². The van der Waals surface area contributed by atoms with Crippen molar-refractivity contribution in [3.05, 3.63) is 57.9 Å². The third kappa shape index (κ3) is 12.0. The van der Waals surface area contributed by atoms with Gasteiger partial charge < -0.3 is 40.2 Å². The summed E-state index contributed by atoms with van der Waals surface area (Å²) in [5.74, 6) is -7.84. The van der Waals surface area contributed by atoms with Crippen LogP contribution < -0.4 is 21.3 Å². The number of hydrogen-bond acceptors (Lipinski definition) is 15. The van der Waals surface area contributed by atoms with Crippen molar-refractivity contribution in [3.8, 4) is 0 Å². The molecule has 0 aliphatic carbocycles. The van der Waals surface area contributed by atoms with Crippen LogP contribution in [0.5, 0.6) is 0 Å². The molecule has 0 radical (unpaired) electrons. The molecular formula is C29H33N7O14. The molecule has 3 rings (SSSR count). The summed E-state index contributed by atoms with van der Waals surface area (Å²) in [6.45, 7) is -1.91. The molecule has 21 nitrogen and oxygen atoms in total. The van der Waals surface area contributed by atoms with E-state index in [1.165, 1.54) is 10.9 Å². The lowest BCUT2D eigenvalue weighted by molar-refractivity contribution is -0.385. The third-order valence-electron chi connectivity index (χ3n) is 6.80. The fourth-order valence-electron chi connectivity index (χ4n) is 4.05. The molecule has 4 amide bonds. The predicted molar refractivity (Wildman–Crippen MR) is 162 cm³/mol. The van der Waals surface area contributed by atoms with E-state index in [1.807, 2.05) is 0 Å². The minimum atomic E-state index is -1.41. The Labute approximate surface area is 282 Å². The van der Waals surface area contributed by atoms with Crippen LogP contribution in [0, 0.1) is 10.1 Å². The van der Waals surface area contributed by atoms with E-state index in [4.69, 9.17) is 9.47 Å². The molecular weight excluding hydrogens is 670 g/mol. The van der Waals surface area contributed by atoms with Crippen LogP contribution in [-0.2, 0) is 69.3 Å². The van der Waals surface area contributed by atoms with E-state index in [1.54, 1.807) is 38.1 Å². The highest BCUT2D eigenvalue weighted by Crippen LogP contribution is 2.27. The van der Waals surface area contributed by atoms with Gasteiger partial charge in [-0.3, -0.25) is 48.4 Å². The summed E-state index contributed by atoms with van der Waals surface area (Å²) in [6.07, 6.45) is 2.23. The number of carbonyl (C=O) groups is 8. The number of benzene rings is 1. The van der Waals surface area contributed by atoms with Crippen LogP contribution in [-0.4, -0.2) is 114 Å². The quantitative estimate of drug-likeness (QED) is 0.105. The van der Waals surface area contributed by atoms with Gasteiger partial charge in [-0.1, -0.05) is 24.3 Å². The molecule has 2 aromatic rings. The molecule has 1 saturated heterocycles. The molecule has 50 heavy (non-hydrogen) atoms. The smallest absolute Gasteiger partial charge is 0.329 e. The average molecular weight is 704 g/mol. The predicted octanol–water partition coefficient (Wildman–Crippen LogP) is -2.86. The van der Waals surface area contributed by atoms with Gasteiger partial charge in [0.2, 0.25) is 0 Å². The second-order valence-electron chi connectivity index (χ2n) is 10.9. The Hall–Kier alpha value is -6.41. The van der Waals surface area contributed by atoms with E-state index in [9.17, 15) is 48.5 Å². The first-order chi connectivity index (χ1) is 23.6. The van der Waals surface area contributed by atoms with Crippen molar-refractivity contribution in [2.24, 2.45) is 0 Å². The van der Waals surface area contributed by atoms with Gasteiger partial charge in [0, 0.05) is 6.42 Å². The average Bonchev–Trinajstić information content (AvgIpc) is 3.60. The molecule has 4 N–H and O–H groups in total. The number of hydrogen-bond donors (Lipinski definition) is 4. The molecule has 2 heterocycles. The summed E-state index contributed by atoms with van der Waals surface area (Å²) in [7, 11) is 0. The highest BCUT2D eigenvalue weighted by molar-refractivity contribution is 5.90. The van der Waals surface area contributed by atoms with Crippen molar-refractivity contribution in [1.82, 2.24) is 31.0 Å². The van der Waals surface area contributed by atoms with Crippen LogP contribution in [0.15, 0.2) is 36.7 Å². The van der Waals surface area contributed by atoms with Crippen molar-refractivity contribution >= 4 is 53.2 Å². The Kier molecular flexibility index (Phi) is 13.4. The van der Waals surface area contributed by atoms with Gasteiger partial charge in [-0.15, -0.1) is 0 Å². The largest absolute Gasteiger partial charge is 0.454 e.